The zero-order valence-electron chi connectivity index (χ0n) is 11.1. The van der Waals surface area contributed by atoms with E-state index in [1.165, 1.54) is 11.8 Å². The van der Waals surface area contributed by atoms with E-state index < -0.39 is 0 Å². The van der Waals surface area contributed by atoms with Crippen LogP contribution in [0.1, 0.15) is 17.3 Å². The molecule has 0 aliphatic carbocycles. The summed E-state index contributed by atoms with van der Waals surface area (Å²) in [7, 11) is 0. The number of para-hydroxylation sites is 1. The highest BCUT2D eigenvalue weighted by Gasteiger charge is 2.12. The number of carbonyl (C=O) groups is 1. The van der Waals surface area contributed by atoms with Gasteiger partial charge in [0.2, 0.25) is 0 Å². The predicted molar refractivity (Wildman–Crippen MR) is 84.1 cm³/mol. The number of ketones is 1. The van der Waals surface area contributed by atoms with Crippen LogP contribution in [0.25, 0.3) is 0 Å². The highest BCUT2D eigenvalue weighted by Crippen LogP contribution is 2.24. The molecule has 0 heterocycles. The van der Waals surface area contributed by atoms with Gasteiger partial charge in [-0.3, -0.25) is 4.79 Å². The van der Waals surface area contributed by atoms with Gasteiger partial charge < -0.3 is 4.74 Å². The summed E-state index contributed by atoms with van der Waals surface area (Å²) in [4.78, 5) is 13.3. The van der Waals surface area contributed by atoms with E-state index in [2.05, 4.69) is 0 Å². The van der Waals surface area contributed by atoms with Crippen LogP contribution in [0.3, 0.4) is 0 Å². The second-order valence-electron chi connectivity index (χ2n) is 4.09. The van der Waals surface area contributed by atoms with Crippen molar-refractivity contribution in [3.8, 4) is 5.75 Å². The second-order valence-corrected chi connectivity index (χ2v) is 5.58. The largest absolute Gasteiger partial charge is 0.493 e. The van der Waals surface area contributed by atoms with Crippen LogP contribution in [-0.2, 0) is 0 Å². The van der Waals surface area contributed by atoms with E-state index in [4.69, 9.17) is 16.3 Å². The number of ether oxygens (including phenoxy) is 1. The van der Waals surface area contributed by atoms with Crippen molar-refractivity contribution in [1.82, 2.24) is 0 Å². The van der Waals surface area contributed by atoms with Crippen molar-refractivity contribution >= 4 is 29.1 Å². The lowest BCUT2D eigenvalue weighted by molar-refractivity contribution is 0.101. The SMILES string of the molecule is CCOc1ccccc1C(=O)CSc1ccc(Cl)cc1. The quantitative estimate of drug-likeness (QED) is 0.571. The molecule has 0 fully saturated rings. The maximum Gasteiger partial charge on any atom is 0.176 e. The Morgan fingerprint density at radius 2 is 1.85 bits per heavy atom. The average Bonchev–Trinajstić information content (AvgIpc) is 2.47. The van der Waals surface area contributed by atoms with Gasteiger partial charge in [0.15, 0.2) is 5.78 Å². The molecule has 0 aromatic heterocycles. The van der Waals surface area contributed by atoms with E-state index in [0.717, 1.165) is 4.90 Å². The molecule has 0 saturated carbocycles. The van der Waals surface area contributed by atoms with Gasteiger partial charge in [0, 0.05) is 9.92 Å². The summed E-state index contributed by atoms with van der Waals surface area (Å²) in [5.41, 5.74) is 0.635. The molecule has 2 aromatic rings. The Kier molecular flexibility index (Phi) is 5.50. The monoisotopic (exact) mass is 306 g/mol. The van der Waals surface area contributed by atoms with Crippen molar-refractivity contribution in [2.75, 3.05) is 12.4 Å². The van der Waals surface area contributed by atoms with E-state index in [-0.39, 0.29) is 5.78 Å². The van der Waals surface area contributed by atoms with Crippen molar-refractivity contribution in [1.29, 1.82) is 0 Å². The molecule has 0 saturated heterocycles. The number of hydrogen-bond acceptors (Lipinski definition) is 3. The third-order valence-corrected chi connectivity index (χ3v) is 3.93. The number of rotatable bonds is 6. The fourth-order valence-electron chi connectivity index (χ4n) is 1.74. The highest BCUT2D eigenvalue weighted by atomic mass is 35.5. The number of halogens is 1. The lowest BCUT2D eigenvalue weighted by atomic mass is 10.1. The lowest BCUT2D eigenvalue weighted by Crippen LogP contribution is -2.06. The molecule has 0 N–H and O–H groups in total. The first-order chi connectivity index (χ1) is 9.70. The predicted octanol–water partition coefficient (Wildman–Crippen LogP) is 4.71. The number of carbonyl (C=O) groups excluding carboxylic acids is 1. The summed E-state index contributed by atoms with van der Waals surface area (Å²) in [5, 5.41) is 0.697. The molecule has 2 nitrogen and oxygen atoms in total. The van der Waals surface area contributed by atoms with Crippen molar-refractivity contribution in [2.24, 2.45) is 0 Å². The molecule has 0 aliphatic rings. The van der Waals surface area contributed by atoms with Crippen LogP contribution in [0.15, 0.2) is 53.4 Å². The molecule has 20 heavy (non-hydrogen) atoms. The van der Waals surface area contributed by atoms with Gasteiger partial charge in [-0.2, -0.15) is 0 Å². The Balaban J connectivity index is 2.03. The first-order valence-corrected chi connectivity index (χ1v) is 7.70. The minimum Gasteiger partial charge on any atom is -0.493 e. The average molecular weight is 307 g/mol. The van der Waals surface area contributed by atoms with Crippen LogP contribution in [-0.4, -0.2) is 18.1 Å². The van der Waals surface area contributed by atoms with Crippen LogP contribution in [0.2, 0.25) is 5.02 Å². The summed E-state index contributed by atoms with van der Waals surface area (Å²) in [5.74, 6) is 1.09. The fourth-order valence-corrected chi connectivity index (χ4v) is 2.64. The Hall–Kier alpha value is -1.45. The third-order valence-electron chi connectivity index (χ3n) is 2.67. The molecule has 0 spiro atoms. The molecule has 0 radical (unpaired) electrons. The Bertz CT molecular complexity index is 581. The van der Waals surface area contributed by atoms with Crippen molar-refractivity contribution < 1.29 is 9.53 Å². The Labute approximate surface area is 128 Å². The maximum atomic E-state index is 12.3. The summed E-state index contributed by atoms with van der Waals surface area (Å²) < 4.78 is 5.48. The van der Waals surface area contributed by atoms with E-state index in [0.29, 0.717) is 28.7 Å². The van der Waals surface area contributed by atoms with Gasteiger partial charge >= 0.3 is 0 Å². The maximum absolute atomic E-state index is 12.3. The summed E-state index contributed by atoms with van der Waals surface area (Å²) in [6.45, 7) is 2.46. The zero-order chi connectivity index (χ0) is 14.4. The molecule has 4 heteroatoms. The van der Waals surface area contributed by atoms with Crippen LogP contribution in [0.4, 0.5) is 0 Å². The van der Waals surface area contributed by atoms with Gasteiger partial charge in [-0.25, -0.2) is 0 Å². The molecule has 0 unspecified atom stereocenters. The standard InChI is InChI=1S/C16H15ClO2S/c1-2-19-16-6-4-3-5-14(16)15(18)11-20-13-9-7-12(17)8-10-13/h3-10H,2,11H2,1H3. The third kappa shape index (κ3) is 4.02. The van der Waals surface area contributed by atoms with Gasteiger partial charge in [0.1, 0.15) is 5.75 Å². The van der Waals surface area contributed by atoms with Gasteiger partial charge in [0.05, 0.1) is 17.9 Å². The molecule has 0 amide bonds. The van der Waals surface area contributed by atoms with Crippen molar-refractivity contribution in [3.63, 3.8) is 0 Å². The zero-order valence-corrected chi connectivity index (χ0v) is 12.7. The number of thioether (sulfide) groups is 1. The molecule has 0 aliphatic heterocycles. The molecule has 0 atom stereocenters. The first-order valence-electron chi connectivity index (χ1n) is 6.34. The summed E-state index contributed by atoms with van der Waals surface area (Å²) in [6, 6.07) is 14.8. The van der Waals surface area contributed by atoms with Gasteiger partial charge in [0.25, 0.3) is 0 Å². The highest BCUT2D eigenvalue weighted by molar-refractivity contribution is 8.00. The topological polar surface area (TPSA) is 26.3 Å². The second kappa shape index (κ2) is 7.36. The van der Waals surface area contributed by atoms with Gasteiger partial charge in [-0.05, 0) is 43.3 Å². The molecule has 0 bridgehead atoms. The molecule has 2 rings (SSSR count). The fraction of sp³-hybridized carbons (Fsp3) is 0.188. The van der Waals surface area contributed by atoms with E-state index in [9.17, 15) is 4.79 Å². The normalized spacial score (nSPS) is 10.3. The minimum atomic E-state index is 0.0639. The number of benzene rings is 2. The Morgan fingerprint density at radius 1 is 1.15 bits per heavy atom. The minimum absolute atomic E-state index is 0.0639. The van der Waals surface area contributed by atoms with Gasteiger partial charge in [-0.15, -0.1) is 11.8 Å². The van der Waals surface area contributed by atoms with Crippen LogP contribution in [0.5, 0.6) is 5.75 Å². The van der Waals surface area contributed by atoms with Crippen molar-refractivity contribution in [3.05, 3.63) is 59.1 Å². The Morgan fingerprint density at radius 3 is 2.55 bits per heavy atom. The first kappa shape index (κ1) is 14.9. The molecule has 104 valence electrons. The smallest absolute Gasteiger partial charge is 0.176 e. The molecular weight excluding hydrogens is 292 g/mol. The summed E-state index contributed by atoms with van der Waals surface area (Å²) >= 11 is 7.33. The van der Waals surface area contributed by atoms with Gasteiger partial charge in [-0.1, -0.05) is 23.7 Å². The van der Waals surface area contributed by atoms with Crippen LogP contribution >= 0.6 is 23.4 Å². The van der Waals surface area contributed by atoms with E-state index in [1.54, 1.807) is 6.07 Å². The van der Waals surface area contributed by atoms with E-state index >= 15 is 0 Å². The lowest BCUT2D eigenvalue weighted by Gasteiger charge is -2.08. The number of Topliss-reactive ketones (excluding diaryl/α,β-unsaturated/α-hetero) is 1. The van der Waals surface area contributed by atoms with E-state index in [1.807, 2.05) is 49.4 Å². The van der Waals surface area contributed by atoms with Crippen molar-refractivity contribution in [2.45, 2.75) is 11.8 Å². The van der Waals surface area contributed by atoms with Crippen LogP contribution < -0.4 is 4.74 Å². The summed E-state index contributed by atoms with van der Waals surface area (Å²) in [6.07, 6.45) is 0. The molecular formula is C16H15ClO2S. The van der Waals surface area contributed by atoms with Crippen LogP contribution in [0, 0.1) is 0 Å². The number of hydrogen-bond donors (Lipinski definition) is 0. The molecule has 2 aromatic carbocycles.